The molecule has 7 nitrogen and oxygen atoms in total. The molecule has 0 radical (unpaired) electrons. The van der Waals surface area contributed by atoms with Crippen molar-refractivity contribution in [3.63, 3.8) is 0 Å². The fourth-order valence-corrected chi connectivity index (χ4v) is 2.66. The molecule has 2 aromatic rings. The van der Waals surface area contributed by atoms with Gasteiger partial charge in [-0.1, -0.05) is 23.7 Å². The molecule has 1 N–H and O–H groups in total. The number of hydrogen-bond acceptors (Lipinski definition) is 6. The van der Waals surface area contributed by atoms with E-state index in [2.05, 4.69) is 5.10 Å². The molecule has 1 aliphatic heterocycles. The Morgan fingerprint density at radius 1 is 1.35 bits per heavy atom. The van der Waals surface area contributed by atoms with E-state index in [1.54, 1.807) is 29.2 Å². The van der Waals surface area contributed by atoms with Crippen molar-refractivity contribution in [2.75, 3.05) is 25.1 Å². The van der Waals surface area contributed by atoms with Crippen molar-refractivity contribution >= 4 is 23.3 Å². The first kappa shape index (κ1) is 15.5. The Morgan fingerprint density at radius 3 is 2.70 bits per heavy atom. The quantitative estimate of drug-likeness (QED) is 0.837. The van der Waals surface area contributed by atoms with Crippen LogP contribution >= 0.6 is 11.6 Å². The first-order valence-electron chi connectivity index (χ1n) is 6.91. The third kappa shape index (κ3) is 2.69. The average Bonchev–Trinajstić information content (AvgIpc) is 2.54. The monoisotopic (exact) mass is 335 g/mol. The number of β-amino-alcohol motifs (C(OH)–C–C–N with tert-alkyl or cyclic N) is 1. The fourth-order valence-electron chi connectivity index (χ4n) is 2.41. The number of carbonyl (C=O) groups is 1. The number of ether oxygens (including phenoxy) is 1. The molecule has 1 fully saturated rings. The number of halogens is 1. The van der Waals surface area contributed by atoms with Crippen LogP contribution in [0.4, 0.5) is 5.69 Å². The Bertz CT molecular complexity index is 815. The summed E-state index contributed by atoms with van der Waals surface area (Å²) in [6.45, 7) is 0.813. The van der Waals surface area contributed by atoms with Crippen molar-refractivity contribution in [2.45, 2.75) is 6.10 Å². The Morgan fingerprint density at radius 2 is 2.04 bits per heavy atom. The van der Waals surface area contributed by atoms with Crippen LogP contribution in [0.5, 0.6) is 0 Å². The van der Waals surface area contributed by atoms with Gasteiger partial charge in [-0.2, -0.15) is 9.78 Å². The number of methoxy groups -OCH3 is 1. The highest BCUT2D eigenvalue weighted by Crippen LogP contribution is 2.26. The Labute approximate surface area is 136 Å². The maximum Gasteiger partial charge on any atom is 0.340 e. The first-order chi connectivity index (χ1) is 11.0. The van der Waals surface area contributed by atoms with E-state index in [0.717, 1.165) is 4.68 Å². The summed E-state index contributed by atoms with van der Waals surface area (Å²) in [5, 5.41) is 13.5. The van der Waals surface area contributed by atoms with E-state index in [0.29, 0.717) is 24.5 Å². The summed E-state index contributed by atoms with van der Waals surface area (Å²) in [4.78, 5) is 26.1. The van der Waals surface area contributed by atoms with Gasteiger partial charge in [-0.05, 0) is 12.1 Å². The summed E-state index contributed by atoms with van der Waals surface area (Å²) < 4.78 is 5.78. The molecule has 0 aliphatic carbocycles. The van der Waals surface area contributed by atoms with Gasteiger partial charge in [0.2, 0.25) is 0 Å². The second-order valence-corrected chi connectivity index (χ2v) is 5.51. The van der Waals surface area contributed by atoms with Crippen LogP contribution in [-0.4, -0.2) is 47.2 Å². The molecule has 8 heteroatoms. The van der Waals surface area contributed by atoms with Crippen molar-refractivity contribution in [1.29, 1.82) is 0 Å². The van der Waals surface area contributed by atoms with E-state index in [-0.39, 0.29) is 10.6 Å². The lowest BCUT2D eigenvalue weighted by atomic mass is 10.1. The third-order valence-electron chi connectivity index (χ3n) is 3.64. The largest absolute Gasteiger partial charge is 0.465 e. The zero-order chi connectivity index (χ0) is 16.6. The molecule has 1 saturated heterocycles. The van der Waals surface area contributed by atoms with E-state index in [1.165, 1.54) is 13.3 Å². The molecule has 1 aliphatic rings. The van der Waals surface area contributed by atoms with Crippen molar-refractivity contribution in [3.8, 4) is 5.69 Å². The van der Waals surface area contributed by atoms with E-state index < -0.39 is 17.6 Å². The number of esters is 1. The second kappa shape index (κ2) is 6.02. The summed E-state index contributed by atoms with van der Waals surface area (Å²) in [7, 11) is 1.26. The number of benzene rings is 1. The number of aliphatic hydroxyl groups is 1. The van der Waals surface area contributed by atoms with Crippen LogP contribution in [0.25, 0.3) is 5.69 Å². The standard InChI is InChI=1S/C15H14ClN3O4/c1-23-15(22)10-4-2-3-5-11(10)19-14(21)13(16)12(6-17-19)18-7-9(20)8-18/h2-6,9,20H,7-8H2,1H3. The zero-order valence-corrected chi connectivity index (χ0v) is 13.0. The van der Waals surface area contributed by atoms with Crippen molar-refractivity contribution in [2.24, 2.45) is 0 Å². The normalized spacial score (nSPS) is 14.5. The van der Waals surface area contributed by atoms with Crippen LogP contribution in [0.15, 0.2) is 35.3 Å². The van der Waals surface area contributed by atoms with Crippen molar-refractivity contribution in [3.05, 3.63) is 51.4 Å². The number of aromatic nitrogens is 2. The molecular formula is C15H14ClN3O4. The molecule has 1 aromatic heterocycles. The van der Waals surface area contributed by atoms with Gasteiger partial charge in [-0.15, -0.1) is 0 Å². The van der Waals surface area contributed by atoms with Crippen molar-refractivity contribution in [1.82, 2.24) is 9.78 Å². The maximum atomic E-state index is 12.5. The van der Waals surface area contributed by atoms with E-state index in [9.17, 15) is 14.7 Å². The van der Waals surface area contributed by atoms with Gasteiger partial charge < -0.3 is 14.7 Å². The van der Waals surface area contributed by atoms with Crippen LogP contribution in [0.3, 0.4) is 0 Å². The number of nitrogens with zero attached hydrogens (tertiary/aromatic N) is 3. The predicted molar refractivity (Wildman–Crippen MR) is 84.4 cm³/mol. The topological polar surface area (TPSA) is 84.7 Å². The molecule has 1 aromatic carbocycles. The van der Waals surface area contributed by atoms with Gasteiger partial charge in [0, 0.05) is 13.1 Å². The lowest BCUT2D eigenvalue weighted by Gasteiger charge is -2.37. The van der Waals surface area contributed by atoms with Gasteiger partial charge in [0.15, 0.2) is 0 Å². The summed E-state index contributed by atoms with van der Waals surface area (Å²) in [6.07, 6.45) is 1.03. The summed E-state index contributed by atoms with van der Waals surface area (Å²) in [5.74, 6) is -0.569. The number of anilines is 1. The minimum Gasteiger partial charge on any atom is -0.465 e. The molecular weight excluding hydrogens is 322 g/mol. The average molecular weight is 336 g/mol. The molecule has 0 spiro atoms. The second-order valence-electron chi connectivity index (χ2n) is 5.13. The lowest BCUT2D eigenvalue weighted by Crippen LogP contribution is -2.51. The van der Waals surface area contributed by atoms with Gasteiger partial charge in [0.25, 0.3) is 5.56 Å². The van der Waals surface area contributed by atoms with Gasteiger partial charge in [-0.3, -0.25) is 4.79 Å². The summed E-state index contributed by atoms with van der Waals surface area (Å²) in [6, 6.07) is 6.48. The highest BCUT2D eigenvalue weighted by atomic mass is 35.5. The Kier molecular flexibility index (Phi) is 4.06. The number of hydrogen-bond donors (Lipinski definition) is 1. The molecule has 3 rings (SSSR count). The molecule has 0 saturated carbocycles. The first-order valence-corrected chi connectivity index (χ1v) is 7.29. The third-order valence-corrected chi connectivity index (χ3v) is 4.00. The minimum absolute atomic E-state index is 0.00781. The van der Waals surface area contributed by atoms with Crippen LogP contribution in [0.2, 0.25) is 5.02 Å². The molecule has 0 unspecified atom stereocenters. The zero-order valence-electron chi connectivity index (χ0n) is 12.3. The minimum atomic E-state index is -0.569. The Balaban J connectivity index is 2.07. The summed E-state index contributed by atoms with van der Waals surface area (Å²) >= 11 is 6.16. The molecule has 23 heavy (non-hydrogen) atoms. The molecule has 120 valence electrons. The number of rotatable bonds is 3. The Hall–Kier alpha value is -2.38. The molecule has 0 bridgehead atoms. The van der Waals surface area contributed by atoms with Gasteiger partial charge in [0.1, 0.15) is 5.02 Å². The number of aliphatic hydroxyl groups excluding tert-OH is 1. The number of carbonyl (C=O) groups excluding carboxylic acids is 1. The fraction of sp³-hybridized carbons (Fsp3) is 0.267. The van der Waals surface area contributed by atoms with E-state index >= 15 is 0 Å². The highest BCUT2D eigenvalue weighted by Gasteiger charge is 2.28. The smallest absolute Gasteiger partial charge is 0.340 e. The van der Waals surface area contributed by atoms with Crippen LogP contribution in [-0.2, 0) is 4.74 Å². The van der Waals surface area contributed by atoms with E-state index in [1.807, 2.05) is 0 Å². The summed E-state index contributed by atoms with van der Waals surface area (Å²) in [5.41, 5.74) is 0.435. The molecule has 0 amide bonds. The molecule has 0 atom stereocenters. The number of para-hydroxylation sites is 1. The van der Waals surface area contributed by atoms with Crippen molar-refractivity contribution < 1.29 is 14.6 Å². The van der Waals surface area contributed by atoms with Gasteiger partial charge in [-0.25, -0.2) is 4.79 Å². The lowest BCUT2D eigenvalue weighted by molar-refractivity contribution is 0.0600. The molecule has 2 heterocycles. The van der Waals surface area contributed by atoms with Crippen LogP contribution in [0.1, 0.15) is 10.4 Å². The predicted octanol–water partition coefficient (Wildman–Crippen LogP) is 0.853. The SMILES string of the molecule is COC(=O)c1ccccc1-n1ncc(N2CC(O)C2)c(Cl)c1=O. The maximum absolute atomic E-state index is 12.5. The van der Waals surface area contributed by atoms with Crippen LogP contribution in [0, 0.1) is 0 Å². The van der Waals surface area contributed by atoms with E-state index in [4.69, 9.17) is 16.3 Å². The highest BCUT2D eigenvalue weighted by molar-refractivity contribution is 6.33. The van der Waals surface area contributed by atoms with Gasteiger partial charge >= 0.3 is 5.97 Å². The van der Waals surface area contributed by atoms with Crippen LogP contribution < -0.4 is 10.5 Å². The van der Waals surface area contributed by atoms with Gasteiger partial charge in [0.05, 0.1) is 36.3 Å².